The molecule has 2 rings (SSSR count). The molecular weight excluding hydrogens is 214 g/mol. The number of nitrogens with two attached hydrogens (primary N) is 1. The fourth-order valence-corrected chi connectivity index (χ4v) is 1.74. The molecule has 5 nitrogen and oxygen atoms in total. The van der Waals surface area contributed by atoms with Gasteiger partial charge >= 0.3 is 0 Å². The Labute approximate surface area is 90.0 Å². The highest BCUT2D eigenvalue weighted by atomic mass is 32.2. The molecule has 0 aliphatic rings. The van der Waals surface area contributed by atoms with Gasteiger partial charge in [-0.25, -0.2) is 4.98 Å². The number of oxazole rings is 1. The van der Waals surface area contributed by atoms with Gasteiger partial charge in [0.15, 0.2) is 5.58 Å². The van der Waals surface area contributed by atoms with Crippen LogP contribution in [0.25, 0.3) is 11.1 Å². The minimum absolute atomic E-state index is 0.0867. The summed E-state index contributed by atoms with van der Waals surface area (Å²) in [5, 5.41) is 0.209. The third-order valence-electron chi connectivity index (χ3n) is 1.72. The van der Waals surface area contributed by atoms with E-state index in [1.54, 1.807) is 6.07 Å². The average molecular weight is 223 g/mol. The normalized spacial score (nSPS) is 10.7. The molecule has 0 atom stereocenters. The molecule has 0 aliphatic carbocycles. The van der Waals surface area contributed by atoms with Crippen molar-refractivity contribution in [1.82, 2.24) is 10.4 Å². The number of hydrogen-bond acceptors (Lipinski definition) is 6. The van der Waals surface area contributed by atoms with Crippen LogP contribution in [0.15, 0.2) is 33.9 Å². The number of carbonyl (C=O) groups is 1. The molecule has 3 N–H and O–H groups in total. The van der Waals surface area contributed by atoms with Crippen molar-refractivity contribution < 1.29 is 9.21 Å². The minimum Gasteiger partial charge on any atom is -0.431 e. The molecule has 6 heteroatoms. The van der Waals surface area contributed by atoms with Gasteiger partial charge in [0.1, 0.15) is 5.52 Å². The van der Waals surface area contributed by atoms with Gasteiger partial charge in [-0.3, -0.25) is 16.1 Å². The van der Waals surface area contributed by atoms with E-state index in [2.05, 4.69) is 10.4 Å². The quantitative estimate of drug-likeness (QED) is 0.457. The Bertz CT molecular complexity index is 450. The van der Waals surface area contributed by atoms with Crippen LogP contribution in [-0.2, 0) is 4.79 Å². The summed E-state index contributed by atoms with van der Waals surface area (Å²) < 4.78 is 5.35. The predicted molar refractivity (Wildman–Crippen MR) is 57.1 cm³/mol. The van der Waals surface area contributed by atoms with Crippen molar-refractivity contribution in [3.63, 3.8) is 0 Å². The Kier molecular flexibility index (Phi) is 3.00. The van der Waals surface area contributed by atoms with Crippen LogP contribution in [0.1, 0.15) is 0 Å². The van der Waals surface area contributed by atoms with E-state index < -0.39 is 0 Å². The lowest BCUT2D eigenvalue weighted by Crippen LogP contribution is -2.27. The van der Waals surface area contributed by atoms with E-state index in [1.165, 1.54) is 0 Å². The summed E-state index contributed by atoms with van der Waals surface area (Å²) >= 11 is 0.935. The molecule has 0 fully saturated rings. The van der Waals surface area contributed by atoms with E-state index in [0.29, 0.717) is 10.8 Å². The summed E-state index contributed by atoms with van der Waals surface area (Å²) in [7, 11) is 0. The first-order chi connectivity index (χ1) is 7.29. The fourth-order valence-electron chi connectivity index (χ4n) is 1.11. The van der Waals surface area contributed by atoms with Crippen molar-refractivity contribution in [2.75, 3.05) is 6.54 Å². The SMILES string of the molecule is NNCC(=O)Sc1nc2ccccc2o1. The van der Waals surface area contributed by atoms with Crippen molar-refractivity contribution in [2.45, 2.75) is 5.22 Å². The molecule has 0 spiro atoms. The van der Waals surface area contributed by atoms with Crippen LogP contribution in [0, 0.1) is 0 Å². The highest BCUT2D eigenvalue weighted by Crippen LogP contribution is 2.23. The van der Waals surface area contributed by atoms with Gasteiger partial charge in [0.25, 0.3) is 5.22 Å². The third kappa shape index (κ3) is 2.35. The number of para-hydroxylation sites is 2. The largest absolute Gasteiger partial charge is 0.431 e. The number of hydrogen-bond donors (Lipinski definition) is 2. The zero-order valence-corrected chi connectivity index (χ0v) is 8.58. The third-order valence-corrected chi connectivity index (χ3v) is 2.44. The first kappa shape index (κ1) is 10.2. The fraction of sp³-hybridized carbons (Fsp3) is 0.111. The van der Waals surface area contributed by atoms with Gasteiger partial charge in [-0.2, -0.15) is 0 Å². The lowest BCUT2D eigenvalue weighted by atomic mass is 10.3. The monoisotopic (exact) mass is 223 g/mol. The van der Waals surface area contributed by atoms with E-state index in [9.17, 15) is 4.79 Å². The maximum absolute atomic E-state index is 11.2. The number of rotatable bonds is 3. The van der Waals surface area contributed by atoms with E-state index in [-0.39, 0.29) is 11.7 Å². The van der Waals surface area contributed by atoms with E-state index >= 15 is 0 Å². The van der Waals surface area contributed by atoms with E-state index in [1.807, 2.05) is 18.2 Å². The zero-order chi connectivity index (χ0) is 10.7. The van der Waals surface area contributed by atoms with E-state index in [4.69, 9.17) is 10.3 Å². The topological polar surface area (TPSA) is 81.1 Å². The number of carbonyl (C=O) groups excluding carboxylic acids is 1. The molecule has 0 aliphatic heterocycles. The molecule has 0 radical (unpaired) electrons. The second-order valence-electron chi connectivity index (χ2n) is 2.80. The minimum atomic E-state index is -0.135. The second kappa shape index (κ2) is 4.43. The van der Waals surface area contributed by atoms with Crippen LogP contribution in [0.5, 0.6) is 0 Å². The smallest absolute Gasteiger partial charge is 0.264 e. The van der Waals surface area contributed by atoms with Gasteiger partial charge in [-0.15, -0.1) is 0 Å². The molecule has 0 unspecified atom stereocenters. The van der Waals surface area contributed by atoms with Gasteiger partial charge in [0.05, 0.1) is 6.54 Å². The van der Waals surface area contributed by atoms with Crippen LogP contribution in [0.4, 0.5) is 0 Å². The summed E-state index contributed by atoms with van der Waals surface area (Å²) in [5.74, 6) is 5.02. The first-order valence-corrected chi connectivity index (χ1v) is 5.11. The molecule has 1 aromatic carbocycles. The van der Waals surface area contributed by atoms with Crippen molar-refractivity contribution in [2.24, 2.45) is 5.84 Å². The van der Waals surface area contributed by atoms with Crippen LogP contribution in [0.3, 0.4) is 0 Å². The molecular formula is C9H9N3O2S. The number of nitrogens with zero attached hydrogens (tertiary/aromatic N) is 1. The number of nitrogens with one attached hydrogen (secondary N) is 1. The zero-order valence-electron chi connectivity index (χ0n) is 7.77. The van der Waals surface area contributed by atoms with E-state index in [0.717, 1.165) is 17.3 Å². The average Bonchev–Trinajstić information content (AvgIpc) is 2.59. The molecule has 0 amide bonds. The van der Waals surface area contributed by atoms with Crippen LogP contribution in [-0.4, -0.2) is 16.6 Å². The number of hydrazine groups is 1. The van der Waals surface area contributed by atoms with Gasteiger partial charge in [-0.05, 0) is 12.1 Å². The molecule has 1 heterocycles. The molecule has 1 aromatic heterocycles. The lowest BCUT2D eigenvalue weighted by molar-refractivity contribution is -0.110. The standard InChI is InChI=1S/C9H9N3O2S/c10-11-5-8(13)15-9-12-6-3-1-2-4-7(6)14-9/h1-4,11H,5,10H2. The molecule has 0 saturated carbocycles. The molecule has 78 valence electrons. The number of thioether (sulfide) groups is 1. The van der Waals surface area contributed by atoms with Gasteiger partial charge in [-0.1, -0.05) is 12.1 Å². The number of benzene rings is 1. The molecule has 0 saturated heterocycles. The number of aromatic nitrogens is 1. The number of fused-ring (bicyclic) bond motifs is 1. The highest BCUT2D eigenvalue weighted by Gasteiger charge is 2.10. The summed E-state index contributed by atoms with van der Waals surface area (Å²) in [6, 6.07) is 7.35. The maximum atomic E-state index is 11.2. The predicted octanol–water partition coefficient (Wildman–Crippen LogP) is 0.910. The van der Waals surface area contributed by atoms with Crippen molar-refractivity contribution in [1.29, 1.82) is 0 Å². The molecule has 2 aromatic rings. The van der Waals surface area contributed by atoms with Crippen molar-refractivity contribution in [3.8, 4) is 0 Å². The summed E-state index contributed by atoms with van der Waals surface area (Å²) in [4.78, 5) is 15.4. The Morgan fingerprint density at radius 1 is 1.53 bits per heavy atom. The highest BCUT2D eigenvalue weighted by molar-refractivity contribution is 8.13. The van der Waals surface area contributed by atoms with Gasteiger partial charge < -0.3 is 4.42 Å². The Balaban J connectivity index is 2.18. The Morgan fingerprint density at radius 2 is 2.33 bits per heavy atom. The lowest BCUT2D eigenvalue weighted by Gasteiger charge is -1.93. The van der Waals surface area contributed by atoms with Crippen LogP contribution < -0.4 is 11.3 Å². The van der Waals surface area contributed by atoms with Crippen molar-refractivity contribution in [3.05, 3.63) is 24.3 Å². The van der Waals surface area contributed by atoms with Crippen LogP contribution in [0.2, 0.25) is 0 Å². The molecule has 0 bridgehead atoms. The Hall–Kier alpha value is -1.37. The maximum Gasteiger partial charge on any atom is 0.264 e. The van der Waals surface area contributed by atoms with Gasteiger partial charge in [0.2, 0.25) is 5.12 Å². The molecule has 15 heavy (non-hydrogen) atoms. The summed E-state index contributed by atoms with van der Waals surface area (Å²) in [6.45, 7) is 0.0867. The van der Waals surface area contributed by atoms with Crippen LogP contribution >= 0.6 is 11.8 Å². The first-order valence-electron chi connectivity index (χ1n) is 4.29. The summed E-state index contributed by atoms with van der Waals surface area (Å²) in [5.41, 5.74) is 3.70. The Morgan fingerprint density at radius 3 is 3.07 bits per heavy atom. The summed E-state index contributed by atoms with van der Waals surface area (Å²) in [6.07, 6.45) is 0. The van der Waals surface area contributed by atoms with Gasteiger partial charge in [0, 0.05) is 11.8 Å². The van der Waals surface area contributed by atoms with Crippen molar-refractivity contribution >= 4 is 28.0 Å². The second-order valence-corrected chi connectivity index (χ2v) is 3.81.